The van der Waals surface area contributed by atoms with Gasteiger partial charge in [-0.05, 0) is 37.0 Å². The predicted octanol–water partition coefficient (Wildman–Crippen LogP) is 2.08. The topological polar surface area (TPSA) is 66.9 Å². The molecule has 1 heterocycles. The zero-order valence-electron chi connectivity index (χ0n) is 14.4. The van der Waals surface area contributed by atoms with Crippen molar-refractivity contribution in [3.63, 3.8) is 0 Å². The lowest BCUT2D eigenvalue weighted by molar-refractivity contribution is -0.132. The van der Waals surface area contributed by atoms with Crippen molar-refractivity contribution < 1.29 is 19.1 Å². The molecule has 0 spiro atoms. The van der Waals surface area contributed by atoms with Crippen LogP contribution in [0, 0.1) is 5.92 Å². The highest BCUT2D eigenvalue weighted by atomic mass is 16.5. The number of methoxy groups -OCH3 is 1. The maximum absolute atomic E-state index is 12.5. The van der Waals surface area contributed by atoms with Gasteiger partial charge >= 0.3 is 5.97 Å². The minimum atomic E-state index is -0.475. The summed E-state index contributed by atoms with van der Waals surface area (Å²) in [6, 6.07) is 6.56. The van der Waals surface area contributed by atoms with Crippen LogP contribution in [0.4, 0.5) is 5.69 Å². The standard InChI is InChI=1S/C18H24N2O4/c1-13-6-5-9-19(11-13)17(22)12-20(14(2)21)16-8-4-7-15(10-16)18(23)24-3/h4,7-8,10,13H,5-6,9,11-12H2,1-3H3. The minimum Gasteiger partial charge on any atom is -0.465 e. The third-order valence-electron chi connectivity index (χ3n) is 4.26. The molecular formula is C18H24N2O4. The number of esters is 1. The van der Waals surface area contributed by atoms with Gasteiger partial charge in [-0.1, -0.05) is 13.0 Å². The average molecular weight is 332 g/mol. The summed E-state index contributed by atoms with van der Waals surface area (Å²) in [5.41, 5.74) is 0.865. The van der Waals surface area contributed by atoms with Crippen molar-refractivity contribution in [3.05, 3.63) is 29.8 Å². The van der Waals surface area contributed by atoms with Gasteiger partial charge in [-0.2, -0.15) is 0 Å². The van der Waals surface area contributed by atoms with Gasteiger partial charge in [0.1, 0.15) is 6.54 Å². The number of ether oxygens (including phenoxy) is 1. The molecule has 1 aromatic rings. The lowest BCUT2D eigenvalue weighted by Gasteiger charge is -2.32. The molecule has 1 fully saturated rings. The highest BCUT2D eigenvalue weighted by Crippen LogP contribution is 2.19. The second kappa shape index (κ2) is 7.95. The summed E-state index contributed by atoms with van der Waals surface area (Å²) in [7, 11) is 1.30. The SMILES string of the molecule is COC(=O)c1cccc(N(CC(=O)N2CCCC(C)C2)C(C)=O)c1. The number of carbonyl (C=O) groups excluding carboxylic acids is 3. The fourth-order valence-corrected chi connectivity index (χ4v) is 2.95. The van der Waals surface area contributed by atoms with Crippen molar-refractivity contribution >= 4 is 23.5 Å². The number of nitrogens with zero attached hydrogens (tertiary/aromatic N) is 2. The van der Waals surface area contributed by atoms with Crippen molar-refractivity contribution in [2.24, 2.45) is 5.92 Å². The van der Waals surface area contributed by atoms with Gasteiger partial charge in [0.15, 0.2) is 0 Å². The van der Waals surface area contributed by atoms with E-state index in [0.717, 1.165) is 25.9 Å². The van der Waals surface area contributed by atoms with Gasteiger partial charge in [0.25, 0.3) is 0 Å². The van der Waals surface area contributed by atoms with Crippen molar-refractivity contribution in [1.82, 2.24) is 4.90 Å². The Hall–Kier alpha value is -2.37. The molecule has 24 heavy (non-hydrogen) atoms. The summed E-state index contributed by atoms with van der Waals surface area (Å²) in [5, 5.41) is 0. The first kappa shape index (κ1) is 18.0. The van der Waals surface area contributed by atoms with Crippen LogP contribution in [-0.4, -0.2) is 49.4 Å². The van der Waals surface area contributed by atoms with Crippen molar-refractivity contribution in [2.45, 2.75) is 26.7 Å². The molecule has 0 saturated carbocycles. The first-order valence-electron chi connectivity index (χ1n) is 8.16. The molecule has 1 saturated heterocycles. The van der Waals surface area contributed by atoms with Crippen LogP contribution < -0.4 is 4.90 Å². The Morgan fingerprint density at radius 2 is 2.08 bits per heavy atom. The number of rotatable bonds is 4. The molecule has 1 aliphatic rings. The third kappa shape index (κ3) is 4.34. The number of anilines is 1. The quantitative estimate of drug-likeness (QED) is 0.792. The van der Waals surface area contributed by atoms with E-state index in [4.69, 9.17) is 4.74 Å². The maximum atomic E-state index is 12.5. The zero-order chi connectivity index (χ0) is 17.7. The molecule has 2 amide bonds. The number of carbonyl (C=O) groups is 3. The Kier molecular flexibility index (Phi) is 5.95. The Morgan fingerprint density at radius 1 is 1.33 bits per heavy atom. The van der Waals surface area contributed by atoms with Crippen molar-refractivity contribution in [2.75, 3.05) is 31.6 Å². The summed E-state index contributed by atoms with van der Waals surface area (Å²) in [5.74, 6) is -0.302. The highest BCUT2D eigenvalue weighted by Gasteiger charge is 2.24. The lowest BCUT2D eigenvalue weighted by atomic mass is 10.0. The monoisotopic (exact) mass is 332 g/mol. The fraction of sp³-hybridized carbons (Fsp3) is 0.500. The largest absolute Gasteiger partial charge is 0.465 e. The Labute approximate surface area is 142 Å². The summed E-state index contributed by atoms with van der Waals surface area (Å²) in [6.45, 7) is 4.98. The molecule has 1 unspecified atom stereocenters. The lowest BCUT2D eigenvalue weighted by Crippen LogP contribution is -2.46. The van der Waals surface area contributed by atoms with Crippen molar-refractivity contribution in [3.8, 4) is 0 Å². The van der Waals surface area contributed by atoms with Crippen LogP contribution in [0.15, 0.2) is 24.3 Å². The molecule has 0 bridgehead atoms. The van der Waals surface area contributed by atoms with E-state index in [1.807, 2.05) is 4.90 Å². The maximum Gasteiger partial charge on any atom is 0.337 e. The molecule has 1 aromatic carbocycles. The molecule has 6 heteroatoms. The Morgan fingerprint density at radius 3 is 2.71 bits per heavy atom. The number of piperidine rings is 1. The van der Waals surface area contributed by atoms with Gasteiger partial charge in [-0.15, -0.1) is 0 Å². The van der Waals surface area contributed by atoms with Crippen LogP contribution in [-0.2, 0) is 14.3 Å². The number of hydrogen-bond acceptors (Lipinski definition) is 4. The van der Waals surface area contributed by atoms with E-state index in [0.29, 0.717) is 17.2 Å². The number of amides is 2. The molecule has 130 valence electrons. The highest BCUT2D eigenvalue weighted by molar-refractivity contribution is 5.99. The molecular weight excluding hydrogens is 308 g/mol. The summed E-state index contributed by atoms with van der Waals surface area (Å²) >= 11 is 0. The van der Waals surface area contributed by atoms with Crippen LogP contribution in [0.1, 0.15) is 37.0 Å². The van der Waals surface area contributed by atoms with E-state index >= 15 is 0 Å². The van der Waals surface area contributed by atoms with Gasteiger partial charge in [0, 0.05) is 25.7 Å². The van der Waals surface area contributed by atoms with E-state index in [-0.39, 0.29) is 18.4 Å². The molecule has 0 N–H and O–H groups in total. The smallest absolute Gasteiger partial charge is 0.337 e. The number of hydrogen-bond donors (Lipinski definition) is 0. The molecule has 0 aromatic heterocycles. The Bertz CT molecular complexity index is 629. The van der Waals surface area contributed by atoms with E-state index in [9.17, 15) is 14.4 Å². The third-order valence-corrected chi connectivity index (χ3v) is 4.26. The molecule has 0 radical (unpaired) electrons. The van der Waals surface area contributed by atoms with Gasteiger partial charge in [0.05, 0.1) is 12.7 Å². The van der Waals surface area contributed by atoms with Gasteiger partial charge in [-0.3, -0.25) is 9.59 Å². The number of likely N-dealkylation sites (tertiary alicyclic amines) is 1. The fourth-order valence-electron chi connectivity index (χ4n) is 2.95. The summed E-state index contributed by atoms with van der Waals surface area (Å²) < 4.78 is 4.70. The van der Waals surface area contributed by atoms with Gasteiger partial charge < -0.3 is 14.5 Å². The second-order valence-corrected chi connectivity index (χ2v) is 6.23. The second-order valence-electron chi connectivity index (χ2n) is 6.23. The van der Waals surface area contributed by atoms with Crippen LogP contribution in [0.2, 0.25) is 0 Å². The molecule has 2 rings (SSSR count). The van der Waals surface area contributed by atoms with Crippen LogP contribution in [0.25, 0.3) is 0 Å². The summed E-state index contributed by atoms with van der Waals surface area (Å²) in [6.07, 6.45) is 2.12. The first-order chi connectivity index (χ1) is 11.4. The van der Waals surface area contributed by atoms with E-state index in [2.05, 4.69) is 6.92 Å². The molecule has 1 aliphatic heterocycles. The van der Waals surface area contributed by atoms with Crippen LogP contribution in [0.5, 0.6) is 0 Å². The number of benzene rings is 1. The minimum absolute atomic E-state index is 0.0212. The predicted molar refractivity (Wildman–Crippen MR) is 90.8 cm³/mol. The Balaban J connectivity index is 2.16. The van der Waals surface area contributed by atoms with E-state index in [1.54, 1.807) is 24.3 Å². The first-order valence-corrected chi connectivity index (χ1v) is 8.16. The zero-order valence-corrected chi connectivity index (χ0v) is 14.4. The molecule has 6 nitrogen and oxygen atoms in total. The molecule has 0 aliphatic carbocycles. The van der Waals surface area contributed by atoms with Crippen LogP contribution in [0.3, 0.4) is 0 Å². The van der Waals surface area contributed by atoms with Crippen molar-refractivity contribution in [1.29, 1.82) is 0 Å². The van der Waals surface area contributed by atoms with Gasteiger partial charge in [0.2, 0.25) is 11.8 Å². The van der Waals surface area contributed by atoms with Gasteiger partial charge in [-0.25, -0.2) is 4.79 Å². The summed E-state index contributed by atoms with van der Waals surface area (Å²) in [4.78, 5) is 39.4. The van der Waals surface area contributed by atoms with E-state index in [1.165, 1.54) is 18.9 Å². The van der Waals surface area contributed by atoms with Crippen LogP contribution >= 0.6 is 0 Å². The normalized spacial score (nSPS) is 17.3. The van der Waals surface area contributed by atoms with E-state index < -0.39 is 5.97 Å². The molecule has 1 atom stereocenters. The average Bonchev–Trinajstić information content (AvgIpc) is 2.58.